The van der Waals surface area contributed by atoms with Gasteiger partial charge in [-0.15, -0.1) is 0 Å². The Hall–Kier alpha value is -0.0400. The summed E-state index contributed by atoms with van der Waals surface area (Å²) in [5.74, 6) is 0.867. The van der Waals surface area contributed by atoms with Gasteiger partial charge in [-0.3, -0.25) is 0 Å². The highest BCUT2D eigenvalue weighted by atomic mass is 15.0. The van der Waals surface area contributed by atoms with Gasteiger partial charge in [-0.25, -0.2) is 0 Å². The van der Waals surface area contributed by atoms with Crippen molar-refractivity contribution >= 4 is 0 Å². The first-order valence-corrected chi connectivity index (χ1v) is 7.23. The van der Waals surface area contributed by atoms with Crippen molar-refractivity contribution in [2.75, 3.05) is 0 Å². The lowest BCUT2D eigenvalue weighted by molar-refractivity contribution is 0.323. The highest BCUT2D eigenvalue weighted by molar-refractivity contribution is 4.88. The van der Waals surface area contributed by atoms with Crippen LogP contribution >= 0.6 is 0 Å². The molecular formula is C15H31N. The summed E-state index contributed by atoms with van der Waals surface area (Å²) in [4.78, 5) is 0. The van der Waals surface area contributed by atoms with Crippen molar-refractivity contribution in [2.45, 2.75) is 85.2 Å². The van der Waals surface area contributed by atoms with E-state index in [-0.39, 0.29) is 0 Å². The number of rotatable bonds is 6. The summed E-state index contributed by atoms with van der Waals surface area (Å²) in [5.41, 5.74) is 0.576. The number of hydrogen-bond acceptors (Lipinski definition) is 1. The summed E-state index contributed by atoms with van der Waals surface area (Å²) in [5, 5.41) is 3.89. The summed E-state index contributed by atoms with van der Waals surface area (Å²) < 4.78 is 0. The zero-order valence-electron chi connectivity index (χ0n) is 12.0. The van der Waals surface area contributed by atoms with Crippen molar-refractivity contribution in [3.8, 4) is 0 Å². The van der Waals surface area contributed by atoms with Crippen LogP contribution in [0.15, 0.2) is 0 Å². The predicted molar refractivity (Wildman–Crippen MR) is 72.7 cm³/mol. The van der Waals surface area contributed by atoms with Crippen molar-refractivity contribution in [1.29, 1.82) is 0 Å². The number of nitrogens with one attached hydrogen (secondary N) is 1. The van der Waals surface area contributed by atoms with Gasteiger partial charge in [0, 0.05) is 12.1 Å². The Labute approximate surface area is 102 Å². The molecule has 16 heavy (non-hydrogen) atoms. The molecule has 1 nitrogen and oxygen atoms in total. The van der Waals surface area contributed by atoms with E-state index >= 15 is 0 Å². The normalized spacial score (nSPS) is 27.9. The third-order valence-corrected chi connectivity index (χ3v) is 4.32. The lowest BCUT2D eigenvalue weighted by atomic mass is 9.91. The second-order valence-corrected chi connectivity index (χ2v) is 6.62. The van der Waals surface area contributed by atoms with Gasteiger partial charge in [-0.05, 0) is 43.4 Å². The molecule has 1 heteroatoms. The van der Waals surface area contributed by atoms with Gasteiger partial charge >= 0.3 is 0 Å². The van der Waals surface area contributed by atoms with Gasteiger partial charge in [-0.2, -0.15) is 0 Å². The summed E-state index contributed by atoms with van der Waals surface area (Å²) >= 11 is 0. The van der Waals surface area contributed by atoms with E-state index in [1.807, 2.05) is 0 Å². The van der Waals surface area contributed by atoms with E-state index in [1.165, 1.54) is 38.5 Å². The van der Waals surface area contributed by atoms with Crippen LogP contribution in [-0.2, 0) is 0 Å². The standard InChI is InChI=1S/C15H31N/c1-6-12(3)10-13(7-2)16-14-8-9-15(4,5)11-14/h12-14,16H,6-11H2,1-5H3. The van der Waals surface area contributed by atoms with Gasteiger partial charge in [0.25, 0.3) is 0 Å². The lowest BCUT2D eigenvalue weighted by Crippen LogP contribution is -2.37. The molecule has 3 unspecified atom stereocenters. The van der Waals surface area contributed by atoms with Crippen molar-refractivity contribution in [3.63, 3.8) is 0 Å². The Morgan fingerprint density at radius 2 is 1.94 bits per heavy atom. The van der Waals surface area contributed by atoms with Crippen molar-refractivity contribution in [2.24, 2.45) is 11.3 Å². The molecule has 0 aromatic rings. The molecule has 0 radical (unpaired) electrons. The van der Waals surface area contributed by atoms with Crippen molar-refractivity contribution in [3.05, 3.63) is 0 Å². The Kier molecular flexibility index (Phi) is 5.30. The molecule has 1 rings (SSSR count). The zero-order chi connectivity index (χ0) is 12.2. The van der Waals surface area contributed by atoms with Crippen LogP contribution in [0.4, 0.5) is 0 Å². The van der Waals surface area contributed by atoms with Crippen LogP contribution in [0.3, 0.4) is 0 Å². The average Bonchev–Trinajstić information content (AvgIpc) is 2.56. The molecule has 0 saturated heterocycles. The van der Waals surface area contributed by atoms with Crippen LogP contribution in [0.5, 0.6) is 0 Å². The average molecular weight is 225 g/mol. The molecule has 1 aliphatic carbocycles. The smallest absolute Gasteiger partial charge is 0.00749 e. The van der Waals surface area contributed by atoms with Gasteiger partial charge < -0.3 is 5.32 Å². The van der Waals surface area contributed by atoms with Crippen LogP contribution in [0.2, 0.25) is 0 Å². The largest absolute Gasteiger partial charge is 0.311 e. The summed E-state index contributed by atoms with van der Waals surface area (Å²) in [6.07, 6.45) is 8.08. The van der Waals surface area contributed by atoms with Gasteiger partial charge in [0.15, 0.2) is 0 Å². The first-order valence-electron chi connectivity index (χ1n) is 7.23. The van der Waals surface area contributed by atoms with Crippen LogP contribution < -0.4 is 5.32 Å². The molecule has 0 aromatic carbocycles. The Bertz CT molecular complexity index is 198. The van der Waals surface area contributed by atoms with Crippen LogP contribution in [0.25, 0.3) is 0 Å². The minimum atomic E-state index is 0.576. The summed E-state index contributed by atoms with van der Waals surface area (Å²) in [6, 6.07) is 1.53. The van der Waals surface area contributed by atoms with Crippen molar-refractivity contribution in [1.82, 2.24) is 5.32 Å². The molecule has 3 atom stereocenters. The first-order chi connectivity index (χ1) is 7.46. The highest BCUT2D eigenvalue weighted by Crippen LogP contribution is 2.37. The van der Waals surface area contributed by atoms with Crippen LogP contribution in [0, 0.1) is 11.3 Å². The predicted octanol–water partition coefficient (Wildman–Crippen LogP) is 4.37. The minimum absolute atomic E-state index is 0.576. The molecule has 0 aliphatic heterocycles. The molecule has 0 aromatic heterocycles. The van der Waals surface area contributed by atoms with E-state index in [9.17, 15) is 0 Å². The fraction of sp³-hybridized carbons (Fsp3) is 1.00. The SMILES string of the molecule is CCC(C)CC(CC)NC1CCC(C)(C)C1. The Balaban J connectivity index is 2.34. The Morgan fingerprint density at radius 3 is 2.38 bits per heavy atom. The summed E-state index contributed by atoms with van der Waals surface area (Å²) in [7, 11) is 0. The second-order valence-electron chi connectivity index (χ2n) is 6.62. The van der Waals surface area contributed by atoms with E-state index in [0.717, 1.165) is 18.0 Å². The fourth-order valence-corrected chi connectivity index (χ4v) is 2.92. The quantitative estimate of drug-likeness (QED) is 0.708. The van der Waals surface area contributed by atoms with E-state index < -0.39 is 0 Å². The molecule has 0 spiro atoms. The van der Waals surface area contributed by atoms with E-state index in [2.05, 4.69) is 39.9 Å². The topological polar surface area (TPSA) is 12.0 Å². The van der Waals surface area contributed by atoms with Crippen molar-refractivity contribution < 1.29 is 0 Å². The van der Waals surface area contributed by atoms with Crippen LogP contribution in [-0.4, -0.2) is 12.1 Å². The molecule has 96 valence electrons. The fourth-order valence-electron chi connectivity index (χ4n) is 2.92. The number of hydrogen-bond donors (Lipinski definition) is 1. The molecule has 1 saturated carbocycles. The molecule has 0 heterocycles. The highest BCUT2D eigenvalue weighted by Gasteiger charge is 2.31. The third kappa shape index (κ3) is 4.45. The first kappa shape index (κ1) is 14.0. The van der Waals surface area contributed by atoms with Gasteiger partial charge in [0.2, 0.25) is 0 Å². The maximum absolute atomic E-state index is 3.89. The molecule has 0 amide bonds. The Morgan fingerprint density at radius 1 is 1.25 bits per heavy atom. The molecular weight excluding hydrogens is 194 g/mol. The molecule has 1 N–H and O–H groups in total. The maximum Gasteiger partial charge on any atom is 0.00749 e. The molecule has 1 fully saturated rings. The zero-order valence-corrected chi connectivity index (χ0v) is 12.0. The van der Waals surface area contributed by atoms with Gasteiger partial charge in [0.1, 0.15) is 0 Å². The molecule has 1 aliphatic rings. The van der Waals surface area contributed by atoms with E-state index in [4.69, 9.17) is 0 Å². The van der Waals surface area contributed by atoms with Gasteiger partial charge in [0.05, 0.1) is 0 Å². The monoisotopic (exact) mass is 225 g/mol. The van der Waals surface area contributed by atoms with E-state index in [0.29, 0.717) is 5.41 Å². The third-order valence-electron chi connectivity index (χ3n) is 4.32. The van der Waals surface area contributed by atoms with Crippen LogP contribution in [0.1, 0.15) is 73.1 Å². The molecule has 0 bridgehead atoms. The van der Waals surface area contributed by atoms with Gasteiger partial charge in [-0.1, -0.05) is 41.0 Å². The maximum atomic E-state index is 3.89. The summed E-state index contributed by atoms with van der Waals surface area (Å²) in [6.45, 7) is 11.8. The second kappa shape index (κ2) is 6.05. The van der Waals surface area contributed by atoms with E-state index in [1.54, 1.807) is 0 Å². The minimum Gasteiger partial charge on any atom is -0.311 e. The lowest BCUT2D eigenvalue weighted by Gasteiger charge is -2.25.